The van der Waals surface area contributed by atoms with Gasteiger partial charge in [-0.15, -0.1) is 10.8 Å². The van der Waals surface area contributed by atoms with Gasteiger partial charge >= 0.3 is 0 Å². The van der Waals surface area contributed by atoms with Gasteiger partial charge in [0.15, 0.2) is 0 Å². The monoisotopic (exact) mass is 228 g/mol. The average Bonchev–Trinajstić information content (AvgIpc) is 2.59. The zero-order valence-electron chi connectivity index (χ0n) is 8.39. The first kappa shape index (κ1) is 10.9. The van der Waals surface area contributed by atoms with Crippen molar-refractivity contribution < 1.29 is 9.11 Å². The summed E-state index contributed by atoms with van der Waals surface area (Å²) in [6.45, 7) is 0.511. The van der Waals surface area contributed by atoms with Gasteiger partial charge in [-0.05, 0) is 17.5 Å². The number of hydrogen-bond donors (Lipinski definition) is 4. The van der Waals surface area contributed by atoms with Crippen LogP contribution < -0.4 is 10.5 Å². The highest BCUT2D eigenvalue weighted by atomic mass is 32.3. The molecular weight excluding hydrogens is 212 g/mol. The highest BCUT2D eigenvalue weighted by molar-refractivity contribution is 8.22. The Morgan fingerprint density at radius 1 is 1.47 bits per heavy atom. The summed E-state index contributed by atoms with van der Waals surface area (Å²) >= 11 is 0. The van der Waals surface area contributed by atoms with Gasteiger partial charge in [-0.2, -0.15) is 0 Å². The number of benzene rings is 1. The maximum atomic E-state index is 9.46. The van der Waals surface area contributed by atoms with Crippen molar-refractivity contribution in [2.45, 2.75) is 19.0 Å². The van der Waals surface area contributed by atoms with Gasteiger partial charge in [0.2, 0.25) is 0 Å². The lowest BCUT2D eigenvalue weighted by molar-refractivity contribution is 0.478. The predicted molar refractivity (Wildman–Crippen MR) is 62.5 cm³/mol. The normalized spacial score (nSPS) is 26.5. The maximum absolute atomic E-state index is 9.46. The topological polar surface area (TPSA) is 78.5 Å². The molecule has 84 valence electrons. The van der Waals surface area contributed by atoms with Crippen molar-refractivity contribution in [1.29, 1.82) is 0 Å². The third kappa shape index (κ3) is 2.50. The summed E-state index contributed by atoms with van der Waals surface area (Å²) in [6, 6.07) is 7.96. The molecule has 0 amide bonds. The first-order valence-corrected chi connectivity index (χ1v) is 6.64. The minimum Gasteiger partial charge on any atom is -0.326 e. The zero-order valence-corrected chi connectivity index (χ0v) is 9.20. The summed E-state index contributed by atoms with van der Waals surface area (Å²) in [7, 11) is -2.54. The number of rotatable bonds is 2. The highest BCUT2D eigenvalue weighted by Crippen LogP contribution is 2.45. The number of nitrogens with two attached hydrogens (primary N) is 1. The van der Waals surface area contributed by atoms with Crippen LogP contribution in [-0.2, 0) is 6.54 Å². The quantitative estimate of drug-likeness (QED) is 0.623. The van der Waals surface area contributed by atoms with Gasteiger partial charge in [-0.25, -0.2) is 4.72 Å². The molecule has 0 bridgehead atoms. The van der Waals surface area contributed by atoms with E-state index < -0.39 is 10.8 Å². The molecule has 1 heterocycles. The fourth-order valence-corrected chi connectivity index (χ4v) is 3.19. The van der Waals surface area contributed by atoms with Crippen molar-refractivity contribution in [3.63, 3.8) is 0 Å². The Bertz CT molecular complexity index is 357. The van der Waals surface area contributed by atoms with Gasteiger partial charge in [0.1, 0.15) is 0 Å². The SMILES string of the molecule is NCc1cccc(C2CCS(O)(O)N2)c1. The van der Waals surface area contributed by atoms with E-state index in [1.54, 1.807) is 0 Å². The fourth-order valence-electron chi connectivity index (χ4n) is 1.80. The standard InChI is InChI=1S/C10H16N2O2S/c11-7-8-2-1-3-9(6-8)10-4-5-15(13,14)12-10/h1-3,6,10,12-14H,4-5,7,11H2. The molecule has 0 radical (unpaired) electrons. The Balaban J connectivity index is 2.16. The summed E-state index contributed by atoms with van der Waals surface area (Å²) in [5.74, 6) is 0.435. The predicted octanol–water partition coefficient (Wildman–Crippen LogP) is 1.85. The van der Waals surface area contributed by atoms with Gasteiger partial charge < -0.3 is 5.73 Å². The van der Waals surface area contributed by atoms with Crippen molar-refractivity contribution in [3.05, 3.63) is 35.4 Å². The van der Waals surface area contributed by atoms with E-state index in [2.05, 4.69) is 4.72 Å². The van der Waals surface area contributed by atoms with Gasteiger partial charge in [-0.3, -0.25) is 9.11 Å². The molecular formula is C10H16N2O2S. The van der Waals surface area contributed by atoms with Crippen LogP contribution in [0.1, 0.15) is 23.6 Å². The second kappa shape index (κ2) is 4.11. The van der Waals surface area contributed by atoms with Gasteiger partial charge in [0.25, 0.3) is 0 Å². The molecule has 0 aliphatic carbocycles. The lowest BCUT2D eigenvalue weighted by atomic mass is 10.0. The van der Waals surface area contributed by atoms with Crippen molar-refractivity contribution in [2.75, 3.05) is 5.75 Å². The molecule has 1 atom stereocenters. The third-order valence-corrected chi connectivity index (χ3v) is 4.08. The van der Waals surface area contributed by atoms with Crippen molar-refractivity contribution >= 4 is 10.8 Å². The van der Waals surface area contributed by atoms with E-state index in [1.807, 2.05) is 24.3 Å². The lowest BCUT2D eigenvalue weighted by Gasteiger charge is -2.27. The molecule has 1 aromatic carbocycles. The molecule has 0 saturated carbocycles. The smallest absolute Gasteiger partial charge is 0.0547 e. The van der Waals surface area contributed by atoms with E-state index in [4.69, 9.17) is 5.73 Å². The lowest BCUT2D eigenvalue weighted by Crippen LogP contribution is -2.16. The first-order valence-electron chi connectivity index (χ1n) is 4.93. The second-order valence-corrected chi connectivity index (χ2v) is 5.76. The van der Waals surface area contributed by atoms with Crippen LogP contribution in [0, 0.1) is 0 Å². The minimum absolute atomic E-state index is 0.0431. The van der Waals surface area contributed by atoms with Crippen LogP contribution in [0.2, 0.25) is 0 Å². The molecule has 2 rings (SSSR count). The summed E-state index contributed by atoms with van der Waals surface area (Å²) in [4.78, 5) is 0. The summed E-state index contributed by atoms with van der Waals surface area (Å²) < 4.78 is 21.8. The zero-order chi connectivity index (χ0) is 10.9. The second-order valence-electron chi connectivity index (χ2n) is 3.78. The van der Waals surface area contributed by atoms with Gasteiger partial charge in [0, 0.05) is 6.54 Å². The molecule has 1 aliphatic heterocycles. The molecule has 1 saturated heterocycles. The Morgan fingerprint density at radius 2 is 2.27 bits per heavy atom. The Labute approximate surface area is 91.0 Å². The van der Waals surface area contributed by atoms with E-state index in [0.717, 1.165) is 17.5 Å². The molecule has 5 heteroatoms. The first-order chi connectivity index (χ1) is 7.11. The molecule has 1 aliphatic rings. The highest BCUT2D eigenvalue weighted by Gasteiger charge is 2.28. The Hall–Kier alpha value is -0.590. The van der Waals surface area contributed by atoms with Gasteiger partial charge in [0.05, 0.1) is 11.8 Å². The third-order valence-electron chi connectivity index (χ3n) is 2.61. The van der Waals surface area contributed by atoms with E-state index in [9.17, 15) is 9.11 Å². The molecule has 1 aromatic rings. The number of hydrogen-bond acceptors (Lipinski definition) is 4. The van der Waals surface area contributed by atoms with Crippen LogP contribution in [0.15, 0.2) is 24.3 Å². The van der Waals surface area contributed by atoms with Crippen molar-refractivity contribution in [2.24, 2.45) is 5.73 Å². The van der Waals surface area contributed by atoms with E-state index >= 15 is 0 Å². The van der Waals surface area contributed by atoms with Crippen LogP contribution in [-0.4, -0.2) is 14.9 Å². The van der Waals surface area contributed by atoms with Crippen LogP contribution >= 0.6 is 10.8 Å². The summed E-state index contributed by atoms with van der Waals surface area (Å²) in [6.07, 6.45) is 0.760. The largest absolute Gasteiger partial charge is 0.326 e. The number of nitrogens with one attached hydrogen (secondary N) is 1. The molecule has 4 nitrogen and oxygen atoms in total. The van der Waals surface area contributed by atoms with Crippen LogP contribution in [0.3, 0.4) is 0 Å². The summed E-state index contributed by atoms with van der Waals surface area (Å²) in [5.41, 5.74) is 7.70. The molecule has 1 fully saturated rings. The molecule has 0 spiro atoms. The summed E-state index contributed by atoms with van der Waals surface area (Å²) in [5, 5.41) is 0. The fraction of sp³-hybridized carbons (Fsp3) is 0.400. The van der Waals surface area contributed by atoms with Crippen molar-refractivity contribution in [3.8, 4) is 0 Å². The average molecular weight is 228 g/mol. The van der Waals surface area contributed by atoms with E-state index in [1.165, 1.54) is 0 Å². The minimum atomic E-state index is -2.54. The van der Waals surface area contributed by atoms with Crippen LogP contribution in [0.25, 0.3) is 0 Å². The van der Waals surface area contributed by atoms with Crippen molar-refractivity contribution in [1.82, 2.24) is 4.72 Å². The molecule has 0 aromatic heterocycles. The van der Waals surface area contributed by atoms with E-state index in [0.29, 0.717) is 12.3 Å². The van der Waals surface area contributed by atoms with E-state index in [-0.39, 0.29) is 6.04 Å². The maximum Gasteiger partial charge on any atom is 0.0547 e. The Morgan fingerprint density at radius 3 is 2.87 bits per heavy atom. The van der Waals surface area contributed by atoms with Gasteiger partial charge in [-0.1, -0.05) is 24.3 Å². The molecule has 5 N–H and O–H groups in total. The molecule has 1 unspecified atom stereocenters. The van der Waals surface area contributed by atoms with Crippen LogP contribution in [0.4, 0.5) is 0 Å². The Kier molecular flexibility index (Phi) is 2.99. The molecule has 15 heavy (non-hydrogen) atoms. The van der Waals surface area contributed by atoms with Crippen LogP contribution in [0.5, 0.6) is 0 Å².